The van der Waals surface area contributed by atoms with Crippen LogP contribution in [0, 0.1) is 40.4 Å². The summed E-state index contributed by atoms with van der Waals surface area (Å²) in [6.07, 6.45) is 11.5. The van der Waals surface area contributed by atoms with E-state index >= 15 is 0 Å². The van der Waals surface area contributed by atoms with Gasteiger partial charge in [0.15, 0.2) is 0 Å². The fraction of sp³-hybridized carbons (Fsp3) is 1.00. The van der Waals surface area contributed by atoms with Crippen LogP contribution >= 0.6 is 0 Å². The van der Waals surface area contributed by atoms with E-state index in [1.165, 1.54) is 71.0 Å². The number of nitrogens with zero attached hydrogens (tertiary/aromatic N) is 1. The fourth-order valence-corrected chi connectivity index (χ4v) is 8.42. The third kappa shape index (κ3) is 2.42. The number of rotatable bonds is 4. The van der Waals surface area contributed by atoms with Gasteiger partial charge in [-0.1, -0.05) is 20.8 Å². The molecule has 0 N–H and O–H groups in total. The summed E-state index contributed by atoms with van der Waals surface area (Å²) in [4.78, 5) is 2.86. The van der Waals surface area contributed by atoms with Gasteiger partial charge in [-0.25, -0.2) is 0 Å². The molecular formula is C23H39NO. The van der Waals surface area contributed by atoms with Crippen molar-refractivity contribution in [2.75, 3.05) is 26.7 Å². The molecule has 2 nitrogen and oxygen atoms in total. The molecule has 0 radical (unpaired) electrons. The Morgan fingerprint density at radius 1 is 1.04 bits per heavy atom. The zero-order chi connectivity index (χ0) is 17.4. The Kier molecular flexibility index (Phi) is 3.73. The van der Waals surface area contributed by atoms with Crippen molar-refractivity contribution in [3.63, 3.8) is 0 Å². The molecule has 1 aliphatic heterocycles. The van der Waals surface area contributed by atoms with Gasteiger partial charge in [-0.3, -0.25) is 0 Å². The predicted octanol–water partition coefficient (Wildman–Crippen LogP) is 4.98. The van der Waals surface area contributed by atoms with Gasteiger partial charge in [-0.05, 0) is 98.3 Å². The molecular weight excluding hydrogens is 306 g/mol. The first-order chi connectivity index (χ1) is 11.8. The molecule has 5 saturated carbocycles. The molecule has 0 aromatic rings. The Balaban J connectivity index is 1.23. The Morgan fingerprint density at radius 3 is 2.40 bits per heavy atom. The lowest BCUT2D eigenvalue weighted by molar-refractivity contribution is -0.171. The molecule has 6 bridgehead atoms. The summed E-state index contributed by atoms with van der Waals surface area (Å²) in [5, 5.41) is 0. The molecule has 25 heavy (non-hydrogen) atoms. The number of hydrogen-bond donors (Lipinski definition) is 0. The number of hydrogen-bond acceptors (Lipinski definition) is 2. The van der Waals surface area contributed by atoms with E-state index in [0.717, 1.165) is 29.6 Å². The first-order valence-corrected chi connectivity index (χ1v) is 11.1. The molecule has 142 valence electrons. The summed E-state index contributed by atoms with van der Waals surface area (Å²) < 4.78 is 6.06. The summed E-state index contributed by atoms with van der Waals surface area (Å²) in [6, 6.07) is 0. The Morgan fingerprint density at radius 2 is 1.76 bits per heavy atom. The molecule has 2 heteroatoms. The molecule has 0 aromatic carbocycles. The number of methoxy groups -OCH3 is 1. The van der Waals surface area contributed by atoms with Crippen molar-refractivity contribution in [3.8, 4) is 0 Å². The highest BCUT2D eigenvalue weighted by atomic mass is 16.5. The van der Waals surface area contributed by atoms with Crippen molar-refractivity contribution in [1.82, 2.24) is 4.90 Å². The van der Waals surface area contributed by atoms with E-state index in [1.807, 2.05) is 7.11 Å². The maximum absolute atomic E-state index is 6.06. The van der Waals surface area contributed by atoms with E-state index in [0.29, 0.717) is 10.8 Å². The normalized spacial score (nSPS) is 53.5. The summed E-state index contributed by atoms with van der Waals surface area (Å²) in [6.45, 7) is 11.8. The smallest absolute Gasteiger partial charge is 0.0687 e. The van der Waals surface area contributed by atoms with Crippen LogP contribution in [0.1, 0.15) is 72.1 Å². The summed E-state index contributed by atoms with van der Waals surface area (Å²) in [5.41, 5.74) is 1.39. The molecule has 1 saturated heterocycles. The van der Waals surface area contributed by atoms with Crippen molar-refractivity contribution >= 4 is 0 Å². The van der Waals surface area contributed by atoms with Crippen LogP contribution in [0.4, 0.5) is 0 Å². The molecule has 0 aromatic heterocycles. The van der Waals surface area contributed by atoms with Crippen molar-refractivity contribution in [2.45, 2.75) is 77.7 Å². The summed E-state index contributed by atoms with van der Waals surface area (Å²) >= 11 is 0. The molecule has 3 unspecified atom stereocenters. The minimum atomic E-state index is 0.286. The summed E-state index contributed by atoms with van der Waals surface area (Å²) in [7, 11) is 1.98. The zero-order valence-corrected chi connectivity index (χ0v) is 17.0. The van der Waals surface area contributed by atoms with Gasteiger partial charge in [0.05, 0.1) is 5.60 Å². The lowest BCUT2D eigenvalue weighted by Crippen LogP contribution is -2.56. The van der Waals surface area contributed by atoms with Gasteiger partial charge in [0.25, 0.3) is 0 Å². The van der Waals surface area contributed by atoms with Crippen molar-refractivity contribution in [1.29, 1.82) is 0 Å². The monoisotopic (exact) mass is 345 g/mol. The van der Waals surface area contributed by atoms with Crippen LogP contribution in [0.2, 0.25) is 0 Å². The van der Waals surface area contributed by atoms with Crippen LogP contribution in [0.3, 0.4) is 0 Å². The first kappa shape index (κ1) is 17.0. The lowest BCUT2D eigenvalue weighted by Gasteiger charge is -2.60. The van der Waals surface area contributed by atoms with Crippen LogP contribution < -0.4 is 0 Å². The van der Waals surface area contributed by atoms with E-state index in [-0.39, 0.29) is 5.60 Å². The topological polar surface area (TPSA) is 12.5 Å². The second-order valence-electron chi connectivity index (χ2n) is 11.6. The first-order valence-electron chi connectivity index (χ1n) is 11.1. The van der Waals surface area contributed by atoms with E-state index in [1.54, 1.807) is 0 Å². The molecule has 1 heterocycles. The SMILES string of the molecule is COC12CC3CC(C1)C(CCN1CC4CC[C@@](C)(C1)C4(C)C)C(C3)C2. The standard InChI is InChI=1S/C23H39NO/c1-21(2)19-5-7-22(21,3)15-24(14-19)8-6-20-17-9-16-10-18(20)13-23(11-16,12-17)25-4/h16-20H,5-15H2,1-4H3/t16?,17?,18?,19?,20?,22-,23?/m0/s1. The van der Waals surface area contributed by atoms with Crippen LogP contribution in [0.5, 0.6) is 0 Å². The molecule has 6 fully saturated rings. The maximum Gasteiger partial charge on any atom is 0.0687 e. The van der Waals surface area contributed by atoms with Crippen LogP contribution in [0.15, 0.2) is 0 Å². The third-order valence-electron chi connectivity index (χ3n) is 10.3. The quantitative estimate of drug-likeness (QED) is 0.713. The Bertz CT molecular complexity index is 526. The van der Waals surface area contributed by atoms with Gasteiger partial charge in [0.2, 0.25) is 0 Å². The molecule has 5 aliphatic carbocycles. The zero-order valence-electron chi connectivity index (χ0n) is 17.0. The van der Waals surface area contributed by atoms with Crippen molar-refractivity contribution in [2.24, 2.45) is 40.4 Å². The van der Waals surface area contributed by atoms with Gasteiger partial charge in [0.1, 0.15) is 0 Å². The molecule has 6 aliphatic rings. The van der Waals surface area contributed by atoms with Crippen LogP contribution in [0.25, 0.3) is 0 Å². The van der Waals surface area contributed by atoms with Crippen LogP contribution in [-0.2, 0) is 4.74 Å². The third-order valence-corrected chi connectivity index (χ3v) is 10.3. The van der Waals surface area contributed by atoms with E-state index < -0.39 is 0 Å². The maximum atomic E-state index is 6.06. The highest BCUT2D eigenvalue weighted by Crippen LogP contribution is 2.61. The molecule has 6 rings (SSSR count). The van der Waals surface area contributed by atoms with Gasteiger partial charge in [-0.2, -0.15) is 0 Å². The number of ether oxygens (including phenoxy) is 1. The Labute approximate surface area is 155 Å². The highest BCUT2D eigenvalue weighted by Gasteiger charge is 2.57. The number of likely N-dealkylation sites (tertiary alicyclic amines) is 1. The van der Waals surface area contributed by atoms with Gasteiger partial charge >= 0.3 is 0 Å². The average Bonchev–Trinajstić information content (AvgIpc) is 2.70. The minimum absolute atomic E-state index is 0.286. The number of fused-ring (bicyclic) bond motifs is 2. The molecule has 0 spiro atoms. The molecule has 0 amide bonds. The van der Waals surface area contributed by atoms with E-state index in [9.17, 15) is 0 Å². The van der Waals surface area contributed by atoms with Crippen LogP contribution in [-0.4, -0.2) is 37.2 Å². The van der Waals surface area contributed by atoms with Gasteiger partial charge in [-0.15, -0.1) is 0 Å². The van der Waals surface area contributed by atoms with Crippen molar-refractivity contribution < 1.29 is 4.74 Å². The highest BCUT2D eigenvalue weighted by molar-refractivity contribution is 5.08. The van der Waals surface area contributed by atoms with Crippen molar-refractivity contribution in [3.05, 3.63) is 0 Å². The molecule has 4 atom stereocenters. The lowest BCUT2D eigenvalue weighted by atomic mass is 9.49. The largest absolute Gasteiger partial charge is 0.378 e. The average molecular weight is 346 g/mol. The predicted molar refractivity (Wildman–Crippen MR) is 102 cm³/mol. The summed E-state index contributed by atoms with van der Waals surface area (Å²) in [5.74, 6) is 4.86. The van der Waals surface area contributed by atoms with Gasteiger partial charge < -0.3 is 9.64 Å². The van der Waals surface area contributed by atoms with E-state index in [2.05, 4.69) is 25.7 Å². The van der Waals surface area contributed by atoms with Gasteiger partial charge in [0, 0.05) is 20.2 Å². The Hall–Kier alpha value is -0.0800. The van der Waals surface area contributed by atoms with E-state index in [4.69, 9.17) is 4.74 Å². The second kappa shape index (κ2) is 5.47. The fourth-order valence-electron chi connectivity index (χ4n) is 8.42. The number of piperidine rings is 1. The second-order valence-corrected chi connectivity index (χ2v) is 11.6. The minimum Gasteiger partial charge on any atom is -0.378 e.